The summed E-state index contributed by atoms with van der Waals surface area (Å²) >= 11 is 0. The first kappa shape index (κ1) is 18.9. The molecule has 136 valence electrons. The highest BCUT2D eigenvalue weighted by molar-refractivity contribution is 5.00. The number of hydrogen-bond acceptors (Lipinski definition) is 11. The molecular weight excluding hydrogens is 320 g/mol. The second-order valence-corrected chi connectivity index (χ2v) is 5.75. The Morgan fingerprint density at radius 3 is 1.52 bits per heavy atom. The van der Waals surface area contributed by atoms with Gasteiger partial charge in [-0.05, 0) is 0 Å². The fourth-order valence-electron chi connectivity index (χ4n) is 2.69. The van der Waals surface area contributed by atoms with Gasteiger partial charge in [0.2, 0.25) is 0 Å². The standard InChI is InChI=1S/C12H22O11/c13-1-2-3(14)4(15)10(21)12(22-2)23-11-8(19)6(17)5(16)7(18)9(11)20/h2-21H,1H2/t2-,3-,4+,5?,6+,7+,8?,9?,10-,11?,12-/m0/s1. The molecule has 0 aromatic heterocycles. The van der Waals surface area contributed by atoms with Crippen molar-refractivity contribution in [1.29, 1.82) is 0 Å². The van der Waals surface area contributed by atoms with E-state index in [1.54, 1.807) is 0 Å². The lowest BCUT2D eigenvalue weighted by Crippen LogP contribution is -2.67. The van der Waals surface area contributed by atoms with Crippen molar-refractivity contribution in [2.45, 2.75) is 67.3 Å². The zero-order chi connectivity index (χ0) is 17.5. The van der Waals surface area contributed by atoms with Crippen molar-refractivity contribution >= 4 is 0 Å². The molecule has 2 aliphatic rings. The van der Waals surface area contributed by atoms with Crippen molar-refractivity contribution in [1.82, 2.24) is 0 Å². The van der Waals surface area contributed by atoms with Crippen LogP contribution in [0.2, 0.25) is 0 Å². The van der Waals surface area contributed by atoms with Gasteiger partial charge in [-0.25, -0.2) is 0 Å². The fourth-order valence-corrected chi connectivity index (χ4v) is 2.69. The summed E-state index contributed by atoms with van der Waals surface area (Å²) in [4.78, 5) is 0. The van der Waals surface area contributed by atoms with Crippen molar-refractivity contribution in [2.75, 3.05) is 6.61 Å². The summed E-state index contributed by atoms with van der Waals surface area (Å²) in [6, 6.07) is 0. The summed E-state index contributed by atoms with van der Waals surface area (Å²) in [6.07, 6.45) is -18.9. The van der Waals surface area contributed by atoms with Gasteiger partial charge in [0.15, 0.2) is 6.29 Å². The maximum Gasteiger partial charge on any atom is 0.187 e. The van der Waals surface area contributed by atoms with Crippen molar-refractivity contribution in [3.63, 3.8) is 0 Å². The van der Waals surface area contributed by atoms with Crippen LogP contribution in [0.25, 0.3) is 0 Å². The molecule has 9 N–H and O–H groups in total. The molecule has 2 fully saturated rings. The van der Waals surface area contributed by atoms with Gasteiger partial charge in [-0.15, -0.1) is 0 Å². The van der Waals surface area contributed by atoms with Crippen molar-refractivity contribution in [3.05, 3.63) is 0 Å². The van der Waals surface area contributed by atoms with Crippen molar-refractivity contribution in [2.24, 2.45) is 0 Å². The molecule has 9 atom stereocenters. The number of aliphatic hydroxyl groups excluding tert-OH is 9. The molecule has 1 saturated carbocycles. The van der Waals surface area contributed by atoms with E-state index in [0.29, 0.717) is 0 Å². The molecule has 1 saturated heterocycles. The molecule has 2 unspecified atom stereocenters. The highest BCUT2D eigenvalue weighted by atomic mass is 16.7. The molecular formula is C12H22O11. The summed E-state index contributed by atoms with van der Waals surface area (Å²) in [5.74, 6) is 0. The van der Waals surface area contributed by atoms with E-state index in [9.17, 15) is 40.9 Å². The lowest BCUT2D eigenvalue weighted by Gasteiger charge is -2.45. The first-order chi connectivity index (χ1) is 10.7. The van der Waals surface area contributed by atoms with E-state index in [2.05, 4.69) is 0 Å². The average Bonchev–Trinajstić information content (AvgIpc) is 2.54. The van der Waals surface area contributed by atoms with Gasteiger partial charge >= 0.3 is 0 Å². The molecule has 1 aliphatic carbocycles. The van der Waals surface area contributed by atoms with E-state index in [1.807, 2.05) is 0 Å². The predicted molar refractivity (Wildman–Crippen MR) is 68.7 cm³/mol. The maximum absolute atomic E-state index is 9.85. The Bertz CT molecular complexity index is 377. The van der Waals surface area contributed by atoms with Crippen LogP contribution in [0.4, 0.5) is 0 Å². The number of ether oxygens (including phenoxy) is 2. The van der Waals surface area contributed by atoms with Gasteiger partial charge in [-0.1, -0.05) is 0 Å². The Hall–Kier alpha value is -0.440. The van der Waals surface area contributed by atoms with Gasteiger partial charge in [0.05, 0.1) is 6.61 Å². The quantitative estimate of drug-likeness (QED) is 0.236. The third-order valence-corrected chi connectivity index (χ3v) is 4.21. The molecule has 0 bridgehead atoms. The van der Waals surface area contributed by atoms with E-state index >= 15 is 0 Å². The summed E-state index contributed by atoms with van der Waals surface area (Å²) in [6.45, 7) is -0.704. The molecule has 0 radical (unpaired) electrons. The monoisotopic (exact) mass is 342 g/mol. The number of hydrogen-bond donors (Lipinski definition) is 9. The zero-order valence-corrected chi connectivity index (χ0v) is 11.9. The topological polar surface area (TPSA) is 201 Å². The molecule has 11 nitrogen and oxygen atoms in total. The highest BCUT2D eigenvalue weighted by Crippen LogP contribution is 2.29. The van der Waals surface area contributed by atoms with Gasteiger partial charge in [-0.2, -0.15) is 0 Å². The van der Waals surface area contributed by atoms with Gasteiger partial charge in [0, 0.05) is 0 Å². The minimum Gasteiger partial charge on any atom is -0.394 e. The van der Waals surface area contributed by atoms with Crippen LogP contribution in [0.5, 0.6) is 0 Å². The first-order valence-corrected chi connectivity index (χ1v) is 7.07. The van der Waals surface area contributed by atoms with Crippen LogP contribution < -0.4 is 0 Å². The first-order valence-electron chi connectivity index (χ1n) is 7.07. The minimum atomic E-state index is -1.83. The van der Waals surface area contributed by atoms with E-state index in [-0.39, 0.29) is 0 Å². The summed E-state index contributed by atoms with van der Waals surface area (Å²) in [5.41, 5.74) is 0. The normalized spacial score (nSPS) is 54.9. The molecule has 1 heterocycles. The molecule has 0 spiro atoms. The maximum atomic E-state index is 9.85. The lowest BCUT2D eigenvalue weighted by molar-refractivity contribution is -0.339. The van der Waals surface area contributed by atoms with Crippen LogP contribution in [-0.4, -0.2) is 120 Å². The van der Waals surface area contributed by atoms with Crippen LogP contribution in [0.15, 0.2) is 0 Å². The molecule has 2 rings (SSSR count). The summed E-state index contributed by atoms with van der Waals surface area (Å²) < 4.78 is 10.2. The largest absolute Gasteiger partial charge is 0.394 e. The molecule has 0 aromatic rings. The Balaban J connectivity index is 2.13. The van der Waals surface area contributed by atoms with Crippen molar-refractivity contribution in [3.8, 4) is 0 Å². The fraction of sp³-hybridized carbons (Fsp3) is 1.00. The third-order valence-electron chi connectivity index (χ3n) is 4.21. The second kappa shape index (κ2) is 7.21. The Morgan fingerprint density at radius 1 is 0.609 bits per heavy atom. The van der Waals surface area contributed by atoms with E-state index in [1.165, 1.54) is 0 Å². The van der Waals surface area contributed by atoms with E-state index in [4.69, 9.17) is 14.6 Å². The Morgan fingerprint density at radius 2 is 1.04 bits per heavy atom. The molecule has 11 heteroatoms. The Kier molecular flexibility index (Phi) is 5.92. The SMILES string of the molecule is OC[C@@H]1O[C@@H](OC2C(O)[C@H](O)C(O)[C@@H](O)C2O)[C@@H](O)[C@H](O)[C@H]1O. The van der Waals surface area contributed by atoms with Crippen LogP contribution >= 0.6 is 0 Å². The van der Waals surface area contributed by atoms with Gasteiger partial charge < -0.3 is 55.4 Å². The predicted octanol–water partition coefficient (Wildman–Crippen LogP) is -6.01. The molecule has 0 amide bonds. The zero-order valence-electron chi connectivity index (χ0n) is 11.9. The second-order valence-electron chi connectivity index (χ2n) is 5.75. The van der Waals surface area contributed by atoms with Crippen LogP contribution in [0.1, 0.15) is 0 Å². The summed E-state index contributed by atoms with van der Waals surface area (Å²) in [7, 11) is 0. The highest BCUT2D eigenvalue weighted by Gasteiger charge is 2.52. The van der Waals surface area contributed by atoms with Crippen LogP contribution in [0.3, 0.4) is 0 Å². The Labute approximate surface area is 130 Å². The van der Waals surface area contributed by atoms with Crippen LogP contribution in [-0.2, 0) is 9.47 Å². The number of rotatable bonds is 3. The van der Waals surface area contributed by atoms with Gasteiger partial charge in [0.1, 0.15) is 61.0 Å². The minimum absolute atomic E-state index is 0.704. The molecule has 0 aromatic carbocycles. The number of aliphatic hydroxyl groups is 9. The average molecular weight is 342 g/mol. The molecule has 1 aliphatic heterocycles. The molecule has 23 heavy (non-hydrogen) atoms. The van der Waals surface area contributed by atoms with E-state index < -0.39 is 73.9 Å². The van der Waals surface area contributed by atoms with E-state index in [0.717, 1.165) is 0 Å². The van der Waals surface area contributed by atoms with Gasteiger partial charge in [0.25, 0.3) is 0 Å². The van der Waals surface area contributed by atoms with Gasteiger partial charge in [-0.3, -0.25) is 0 Å². The lowest BCUT2D eigenvalue weighted by atomic mass is 9.84. The smallest absolute Gasteiger partial charge is 0.187 e. The summed E-state index contributed by atoms with van der Waals surface area (Å²) in [5, 5.41) is 86.6. The van der Waals surface area contributed by atoms with Crippen LogP contribution in [0, 0.1) is 0 Å². The third kappa shape index (κ3) is 3.36. The van der Waals surface area contributed by atoms with Crippen molar-refractivity contribution < 1.29 is 55.4 Å².